The number of rotatable bonds is 11. The van der Waals surface area contributed by atoms with Gasteiger partial charge in [-0.2, -0.15) is 8.42 Å². The van der Waals surface area contributed by atoms with Crippen molar-refractivity contribution in [1.82, 2.24) is 0 Å². The molecule has 1 unspecified atom stereocenters. The second-order valence-electron chi connectivity index (χ2n) is 5.80. The molecule has 0 fully saturated rings. The molecule has 124 valence electrons. The second-order valence-corrected chi connectivity index (χ2v) is 7.15. The maximum absolute atomic E-state index is 10.9. The van der Waals surface area contributed by atoms with Crippen molar-refractivity contribution in [2.45, 2.75) is 82.6 Å². The predicted octanol–water partition coefficient (Wildman–Crippen LogP) is 4.51. The molecule has 0 radical (unpaired) electrons. The monoisotopic (exact) mass is 340 g/mol. The van der Waals surface area contributed by atoms with E-state index in [0.29, 0.717) is 5.76 Å². The van der Waals surface area contributed by atoms with E-state index in [0.717, 1.165) is 12.8 Å². The first kappa shape index (κ1) is 22.2. The van der Waals surface area contributed by atoms with Gasteiger partial charge in [0.05, 0.1) is 0 Å². The van der Waals surface area contributed by atoms with Crippen LogP contribution < -0.4 is 0 Å². The minimum absolute atomic E-state index is 0. The SMILES string of the molecule is CCCCCCCCCCC(C)c1ccc(S(=O)(=O)O)o1.[NaH]. The fourth-order valence-corrected chi connectivity index (χ4v) is 2.91. The predicted molar refractivity (Wildman–Crippen MR) is 91.3 cm³/mol. The van der Waals surface area contributed by atoms with Crippen molar-refractivity contribution in [2.24, 2.45) is 0 Å². The third-order valence-electron chi connectivity index (χ3n) is 3.83. The molecule has 1 aromatic heterocycles. The Labute approximate surface area is 157 Å². The van der Waals surface area contributed by atoms with E-state index < -0.39 is 10.1 Å². The summed E-state index contributed by atoms with van der Waals surface area (Å²) in [6, 6.07) is 2.95. The van der Waals surface area contributed by atoms with Crippen molar-refractivity contribution >= 4 is 39.7 Å². The molecular weight excluding hydrogens is 311 g/mol. The molecule has 0 saturated heterocycles. The van der Waals surface area contributed by atoms with Gasteiger partial charge in [0.15, 0.2) is 0 Å². The van der Waals surface area contributed by atoms with Crippen molar-refractivity contribution in [3.63, 3.8) is 0 Å². The van der Waals surface area contributed by atoms with Gasteiger partial charge in [-0.1, -0.05) is 65.2 Å². The molecule has 22 heavy (non-hydrogen) atoms. The summed E-state index contributed by atoms with van der Waals surface area (Å²) in [6.45, 7) is 4.25. The zero-order valence-electron chi connectivity index (χ0n) is 13.2. The third kappa shape index (κ3) is 8.73. The molecule has 1 aromatic rings. The van der Waals surface area contributed by atoms with Gasteiger partial charge in [0.25, 0.3) is 0 Å². The van der Waals surface area contributed by atoms with Gasteiger partial charge >= 0.3 is 39.7 Å². The zero-order chi connectivity index (χ0) is 15.7. The van der Waals surface area contributed by atoms with Crippen LogP contribution in [0.25, 0.3) is 0 Å². The van der Waals surface area contributed by atoms with Crippen LogP contribution in [0, 0.1) is 0 Å². The molecule has 0 bridgehead atoms. The van der Waals surface area contributed by atoms with Crippen molar-refractivity contribution in [3.8, 4) is 0 Å². The Morgan fingerprint density at radius 2 is 1.59 bits per heavy atom. The molecule has 0 aromatic carbocycles. The number of hydrogen-bond donors (Lipinski definition) is 1. The van der Waals surface area contributed by atoms with E-state index in [1.165, 1.54) is 51.0 Å². The summed E-state index contributed by atoms with van der Waals surface area (Å²) in [5.41, 5.74) is 0. The summed E-state index contributed by atoms with van der Waals surface area (Å²) in [6.07, 6.45) is 11.2. The Bertz CT molecular complexity index is 496. The summed E-state index contributed by atoms with van der Waals surface area (Å²) in [4.78, 5) is 0. The number of unbranched alkanes of at least 4 members (excludes halogenated alkanes) is 7. The standard InChI is InChI=1S/C16H28O4S.Na.H/c1-3-4-5-6-7-8-9-10-11-14(2)15-12-13-16(20-15)21(17,18)19;;/h12-14H,3-11H2,1-2H3,(H,17,18,19);;. The van der Waals surface area contributed by atoms with Gasteiger partial charge in [-0.3, -0.25) is 4.55 Å². The quantitative estimate of drug-likeness (QED) is 0.365. The summed E-state index contributed by atoms with van der Waals surface area (Å²) >= 11 is 0. The van der Waals surface area contributed by atoms with Crippen LogP contribution in [0.5, 0.6) is 0 Å². The van der Waals surface area contributed by atoms with E-state index in [2.05, 4.69) is 6.92 Å². The van der Waals surface area contributed by atoms with E-state index in [1.54, 1.807) is 6.07 Å². The third-order valence-corrected chi connectivity index (χ3v) is 4.56. The molecule has 0 spiro atoms. The topological polar surface area (TPSA) is 67.5 Å². The van der Waals surface area contributed by atoms with Gasteiger partial charge in [-0.25, -0.2) is 0 Å². The van der Waals surface area contributed by atoms with Crippen LogP contribution in [-0.4, -0.2) is 42.5 Å². The fourth-order valence-electron chi connectivity index (χ4n) is 2.46. The normalized spacial score (nSPS) is 12.9. The minimum atomic E-state index is -4.22. The van der Waals surface area contributed by atoms with Crippen molar-refractivity contribution < 1.29 is 17.4 Å². The van der Waals surface area contributed by atoms with Crippen molar-refractivity contribution in [2.75, 3.05) is 0 Å². The summed E-state index contributed by atoms with van der Waals surface area (Å²) in [7, 11) is -4.22. The zero-order valence-corrected chi connectivity index (χ0v) is 14.0. The van der Waals surface area contributed by atoms with Crippen LogP contribution in [-0.2, 0) is 10.1 Å². The molecule has 0 amide bonds. The number of furan rings is 1. The molecule has 6 heteroatoms. The Balaban J connectivity index is 0.00000441. The van der Waals surface area contributed by atoms with Crippen LogP contribution in [0.1, 0.15) is 83.3 Å². The molecule has 1 rings (SSSR count). The first-order valence-electron chi connectivity index (χ1n) is 8.02. The van der Waals surface area contributed by atoms with Gasteiger partial charge < -0.3 is 4.42 Å². The molecule has 0 aliphatic heterocycles. The van der Waals surface area contributed by atoms with Crippen LogP contribution in [0.4, 0.5) is 0 Å². The maximum atomic E-state index is 10.9. The van der Waals surface area contributed by atoms with E-state index in [9.17, 15) is 8.42 Å². The molecule has 4 nitrogen and oxygen atoms in total. The molecule has 0 aliphatic carbocycles. The van der Waals surface area contributed by atoms with Gasteiger partial charge in [-0.15, -0.1) is 0 Å². The van der Waals surface area contributed by atoms with E-state index in [1.807, 2.05) is 6.92 Å². The molecule has 0 saturated carbocycles. The Morgan fingerprint density at radius 1 is 1.05 bits per heavy atom. The van der Waals surface area contributed by atoms with Crippen molar-refractivity contribution in [1.29, 1.82) is 0 Å². The molecule has 1 N–H and O–H groups in total. The first-order valence-corrected chi connectivity index (χ1v) is 9.46. The van der Waals surface area contributed by atoms with E-state index in [4.69, 9.17) is 8.97 Å². The van der Waals surface area contributed by atoms with E-state index >= 15 is 0 Å². The fraction of sp³-hybridized carbons (Fsp3) is 0.750. The van der Waals surface area contributed by atoms with Crippen LogP contribution in [0.15, 0.2) is 21.6 Å². The van der Waals surface area contributed by atoms with Gasteiger partial charge in [0.1, 0.15) is 5.76 Å². The average Bonchev–Trinajstić information content (AvgIpc) is 2.91. The van der Waals surface area contributed by atoms with Gasteiger partial charge in [0, 0.05) is 5.92 Å². The molecule has 1 heterocycles. The molecule has 0 aliphatic rings. The molecular formula is C16H29NaO4S. The molecule has 1 atom stereocenters. The van der Waals surface area contributed by atoms with Gasteiger partial charge in [-0.05, 0) is 18.6 Å². The summed E-state index contributed by atoms with van der Waals surface area (Å²) < 4.78 is 36.0. The Hall–Kier alpha value is 0.190. The average molecular weight is 340 g/mol. The van der Waals surface area contributed by atoms with Crippen LogP contribution >= 0.6 is 0 Å². The summed E-state index contributed by atoms with van der Waals surface area (Å²) in [5.74, 6) is 0.811. The van der Waals surface area contributed by atoms with Gasteiger partial charge in [0.2, 0.25) is 5.09 Å². The van der Waals surface area contributed by atoms with Crippen LogP contribution in [0.3, 0.4) is 0 Å². The Morgan fingerprint density at radius 3 is 2.09 bits per heavy atom. The van der Waals surface area contributed by atoms with Crippen LogP contribution in [0.2, 0.25) is 0 Å². The van der Waals surface area contributed by atoms with Crippen molar-refractivity contribution in [3.05, 3.63) is 17.9 Å². The second kappa shape index (κ2) is 11.7. The first-order chi connectivity index (χ1) is 9.95. The Kier molecular flexibility index (Phi) is 11.8. The van der Waals surface area contributed by atoms with E-state index in [-0.39, 0.29) is 40.6 Å². The summed E-state index contributed by atoms with van der Waals surface area (Å²) in [5, 5.41) is -0.361. The number of hydrogen-bond acceptors (Lipinski definition) is 3.